The van der Waals surface area contributed by atoms with Crippen molar-refractivity contribution in [1.29, 1.82) is 0 Å². The molecular formula is C8H10F2Si. The number of benzene rings is 1. The van der Waals surface area contributed by atoms with Crippen LogP contribution in [0.1, 0.15) is 0 Å². The molecule has 0 aliphatic heterocycles. The van der Waals surface area contributed by atoms with Crippen molar-refractivity contribution in [3.63, 3.8) is 0 Å². The average Bonchev–Trinajstić information content (AvgIpc) is 1.86. The van der Waals surface area contributed by atoms with Gasteiger partial charge in [-0.2, -0.15) is 0 Å². The Morgan fingerprint density at radius 1 is 1.27 bits per heavy atom. The zero-order valence-electron chi connectivity index (χ0n) is 6.57. The van der Waals surface area contributed by atoms with Crippen LogP contribution in [0.15, 0.2) is 24.3 Å². The van der Waals surface area contributed by atoms with Gasteiger partial charge in [0.25, 0.3) is 8.41 Å². The molecule has 1 aromatic rings. The maximum absolute atomic E-state index is 13.3. The molecule has 0 amide bonds. The Morgan fingerprint density at radius 2 is 1.91 bits per heavy atom. The highest BCUT2D eigenvalue weighted by molar-refractivity contribution is 6.83. The molecule has 3 heteroatoms. The fraction of sp³-hybridized carbons (Fsp3) is 0.250. The van der Waals surface area contributed by atoms with E-state index in [2.05, 4.69) is 0 Å². The molecule has 1 rings (SSSR count). The molecule has 0 spiro atoms. The lowest BCUT2D eigenvalue weighted by molar-refractivity contribution is 0.628. The van der Waals surface area contributed by atoms with Crippen LogP contribution in [0.25, 0.3) is 0 Å². The number of halogens is 2. The van der Waals surface area contributed by atoms with Gasteiger partial charge in [0.1, 0.15) is 5.82 Å². The van der Waals surface area contributed by atoms with Crippen molar-refractivity contribution < 1.29 is 8.50 Å². The molecule has 11 heavy (non-hydrogen) atoms. The molecule has 0 heterocycles. The lowest BCUT2D eigenvalue weighted by Crippen LogP contribution is -2.36. The van der Waals surface area contributed by atoms with Crippen LogP contribution in [0.2, 0.25) is 13.1 Å². The molecule has 0 aliphatic carbocycles. The maximum atomic E-state index is 13.3. The first-order valence-electron chi connectivity index (χ1n) is 3.45. The third-order valence-electron chi connectivity index (χ3n) is 1.51. The largest absolute Gasteiger partial charge is 0.308 e. The first-order valence-corrected chi connectivity index (χ1v) is 6.33. The van der Waals surface area contributed by atoms with Gasteiger partial charge in [-0.25, -0.2) is 4.39 Å². The van der Waals surface area contributed by atoms with Crippen LogP contribution in [0, 0.1) is 5.82 Å². The first-order chi connectivity index (χ1) is 5.00. The highest BCUT2D eigenvalue weighted by Gasteiger charge is 2.23. The van der Waals surface area contributed by atoms with Crippen LogP contribution >= 0.6 is 0 Å². The molecule has 0 unspecified atom stereocenters. The molecule has 0 fully saturated rings. The van der Waals surface area contributed by atoms with Gasteiger partial charge in [0.15, 0.2) is 0 Å². The van der Waals surface area contributed by atoms with Crippen molar-refractivity contribution in [1.82, 2.24) is 0 Å². The summed E-state index contributed by atoms with van der Waals surface area (Å²) in [6, 6.07) is 5.77. The molecule has 60 valence electrons. The molecule has 0 saturated carbocycles. The third kappa shape index (κ3) is 2.12. The van der Waals surface area contributed by atoms with Gasteiger partial charge < -0.3 is 4.11 Å². The molecule has 0 saturated heterocycles. The molecular weight excluding hydrogens is 162 g/mol. The van der Waals surface area contributed by atoms with Crippen molar-refractivity contribution in [2.45, 2.75) is 13.1 Å². The van der Waals surface area contributed by atoms with E-state index in [0.717, 1.165) is 0 Å². The fourth-order valence-electron chi connectivity index (χ4n) is 0.858. The topological polar surface area (TPSA) is 0 Å². The van der Waals surface area contributed by atoms with Crippen molar-refractivity contribution in [3.05, 3.63) is 30.1 Å². The monoisotopic (exact) mass is 172 g/mol. The molecule has 0 nitrogen and oxygen atoms in total. The first kappa shape index (κ1) is 8.39. The lowest BCUT2D eigenvalue weighted by atomic mass is 10.3. The van der Waals surface area contributed by atoms with Gasteiger partial charge in [-0.15, -0.1) is 0 Å². The molecule has 0 aromatic heterocycles. The Kier molecular flexibility index (Phi) is 2.09. The van der Waals surface area contributed by atoms with Crippen molar-refractivity contribution >= 4 is 13.6 Å². The Bertz CT molecular complexity index is 253. The highest BCUT2D eigenvalue weighted by Crippen LogP contribution is 2.05. The zero-order valence-corrected chi connectivity index (χ0v) is 7.57. The second-order valence-corrected chi connectivity index (χ2v) is 6.51. The molecule has 0 radical (unpaired) electrons. The van der Waals surface area contributed by atoms with Crippen LogP contribution in [-0.4, -0.2) is 8.41 Å². The SMILES string of the molecule is C[Si](C)(F)c1cccc(F)c1. The smallest absolute Gasteiger partial charge is 0.271 e. The van der Waals surface area contributed by atoms with Crippen molar-refractivity contribution in [3.8, 4) is 0 Å². The van der Waals surface area contributed by atoms with Crippen LogP contribution in [0.3, 0.4) is 0 Å². The minimum atomic E-state index is -2.80. The standard InChI is InChI=1S/C8H10F2Si/c1-11(2,10)8-5-3-4-7(9)6-8/h3-6H,1-2H3. The molecule has 0 atom stereocenters. The quantitative estimate of drug-likeness (QED) is 0.450. The van der Waals surface area contributed by atoms with E-state index >= 15 is 0 Å². The van der Waals surface area contributed by atoms with Gasteiger partial charge in [0, 0.05) is 0 Å². The summed E-state index contributed by atoms with van der Waals surface area (Å²) in [6.07, 6.45) is 0. The number of rotatable bonds is 1. The molecule has 0 N–H and O–H groups in total. The fourth-order valence-corrected chi connectivity index (χ4v) is 1.83. The van der Waals surface area contributed by atoms with Crippen LogP contribution in [-0.2, 0) is 0 Å². The van der Waals surface area contributed by atoms with Crippen LogP contribution in [0.4, 0.5) is 8.50 Å². The molecule has 1 aromatic carbocycles. The average molecular weight is 172 g/mol. The van der Waals surface area contributed by atoms with Crippen LogP contribution in [0.5, 0.6) is 0 Å². The number of hydrogen-bond donors (Lipinski definition) is 0. The Morgan fingerprint density at radius 3 is 2.27 bits per heavy atom. The van der Waals surface area contributed by atoms with E-state index in [1.54, 1.807) is 25.2 Å². The van der Waals surface area contributed by atoms with E-state index in [1.165, 1.54) is 12.1 Å². The predicted molar refractivity (Wildman–Crippen MR) is 44.6 cm³/mol. The Balaban J connectivity index is 3.06. The van der Waals surface area contributed by atoms with E-state index < -0.39 is 8.41 Å². The summed E-state index contributed by atoms with van der Waals surface area (Å²) in [7, 11) is -2.80. The van der Waals surface area contributed by atoms with Gasteiger partial charge in [0.05, 0.1) is 0 Å². The molecule has 0 bridgehead atoms. The van der Waals surface area contributed by atoms with Gasteiger partial charge in [-0.05, 0) is 30.4 Å². The Labute approximate surface area is 66.0 Å². The number of hydrogen-bond acceptors (Lipinski definition) is 0. The maximum Gasteiger partial charge on any atom is 0.271 e. The van der Waals surface area contributed by atoms with Gasteiger partial charge >= 0.3 is 0 Å². The lowest BCUT2D eigenvalue weighted by Gasteiger charge is -2.10. The highest BCUT2D eigenvalue weighted by atomic mass is 28.4. The summed E-state index contributed by atoms with van der Waals surface area (Å²) >= 11 is 0. The molecule has 0 aliphatic rings. The van der Waals surface area contributed by atoms with Crippen LogP contribution < -0.4 is 5.19 Å². The van der Waals surface area contributed by atoms with E-state index in [4.69, 9.17) is 0 Å². The minimum Gasteiger partial charge on any atom is -0.308 e. The van der Waals surface area contributed by atoms with Crippen molar-refractivity contribution in [2.24, 2.45) is 0 Å². The zero-order chi connectivity index (χ0) is 8.48. The van der Waals surface area contributed by atoms with Gasteiger partial charge in [-0.3, -0.25) is 0 Å². The second kappa shape index (κ2) is 2.74. The summed E-state index contributed by atoms with van der Waals surface area (Å²) in [5.74, 6) is -0.360. The summed E-state index contributed by atoms with van der Waals surface area (Å²) in [6.45, 7) is 3.09. The predicted octanol–water partition coefficient (Wildman–Crippen LogP) is 2.21. The summed E-state index contributed by atoms with van der Waals surface area (Å²) < 4.78 is 25.8. The summed E-state index contributed by atoms with van der Waals surface area (Å²) in [4.78, 5) is 0. The normalized spacial score (nSPS) is 11.6. The van der Waals surface area contributed by atoms with E-state index in [0.29, 0.717) is 5.19 Å². The van der Waals surface area contributed by atoms with Gasteiger partial charge in [-0.1, -0.05) is 12.1 Å². The van der Waals surface area contributed by atoms with E-state index in [9.17, 15) is 8.50 Å². The Hall–Kier alpha value is -0.703. The minimum absolute atomic E-state index is 0.360. The van der Waals surface area contributed by atoms with E-state index in [-0.39, 0.29) is 5.82 Å². The van der Waals surface area contributed by atoms with E-state index in [1.807, 2.05) is 0 Å². The second-order valence-electron chi connectivity index (χ2n) is 2.98. The summed E-state index contributed by atoms with van der Waals surface area (Å²) in [5, 5.41) is 0.512. The van der Waals surface area contributed by atoms with Crippen molar-refractivity contribution in [2.75, 3.05) is 0 Å². The van der Waals surface area contributed by atoms with Gasteiger partial charge in [0.2, 0.25) is 0 Å². The third-order valence-corrected chi connectivity index (χ3v) is 3.19. The summed E-state index contributed by atoms with van der Waals surface area (Å²) in [5.41, 5.74) is 0.